The summed E-state index contributed by atoms with van der Waals surface area (Å²) in [6.07, 6.45) is -2.85. The van der Waals surface area contributed by atoms with Crippen LogP contribution in [0.1, 0.15) is 23.6 Å². The second kappa shape index (κ2) is 9.22. The minimum atomic E-state index is -4.48. The van der Waals surface area contributed by atoms with Gasteiger partial charge in [0.25, 0.3) is 0 Å². The molecule has 0 aliphatic carbocycles. The van der Waals surface area contributed by atoms with Crippen LogP contribution < -0.4 is 10.2 Å². The molecule has 3 rings (SSSR count). The second-order valence-corrected chi connectivity index (χ2v) is 7.71. The molecular weight excluding hydrogens is 417 g/mol. The molecule has 2 aromatic rings. The van der Waals surface area contributed by atoms with Crippen LogP contribution >= 0.6 is 11.6 Å². The maximum Gasteiger partial charge on any atom is 0.417 e. The number of para-hydroxylation sites is 1. The Hall–Kier alpha value is -2.32. The van der Waals surface area contributed by atoms with Crippen molar-refractivity contribution in [3.63, 3.8) is 0 Å². The zero-order chi connectivity index (χ0) is 21.9. The van der Waals surface area contributed by atoms with Gasteiger partial charge in [-0.2, -0.15) is 13.2 Å². The van der Waals surface area contributed by atoms with Crippen molar-refractivity contribution in [2.24, 2.45) is 0 Å². The van der Waals surface area contributed by atoms with Crippen LogP contribution in [0.15, 0.2) is 30.5 Å². The molecule has 0 atom stereocenters. The fourth-order valence-corrected chi connectivity index (χ4v) is 3.81. The first-order chi connectivity index (χ1) is 14.2. The predicted molar refractivity (Wildman–Crippen MR) is 112 cm³/mol. The average molecular weight is 441 g/mol. The molecule has 0 spiro atoms. The van der Waals surface area contributed by atoms with Crippen LogP contribution in [-0.4, -0.2) is 48.5 Å². The number of halogens is 4. The monoisotopic (exact) mass is 440 g/mol. The van der Waals surface area contributed by atoms with Crippen molar-refractivity contribution in [3.05, 3.63) is 52.2 Å². The minimum absolute atomic E-state index is 0.0253. The quantitative estimate of drug-likeness (QED) is 0.749. The smallest absolute Gasteiger partial charge is 0.353 e. The Morgan fingerprint density at radius 2 is 1.93 bits per heavy atom. The number of benzene rings is 1. The Morgan fingerprint density at radius 3 is 2.53 bits per heavy atom. The van der Waals surface area contributed by atoms with Gasteiger partial charge in [0.05, 0.1) is 17.1 Å². The summed E-state index contributed by atoms with van der Waals surface area (Å²) in [6, 6.07) is 6.84. The number of carbonyl (C=O) groups excluding carboxylic acids is 1. The van der Waals surface area contributed by atoms with Crippen LogP contribution in [0.3, 0.4) is 0 Å². The zero-order valence-electron chi connectivity index (χ0n) is 16.9. The van der Waals surface area contributed by atoms with Crippen LogP contribution in [0.2, 0.25) is 5.02 Å². The van der Waals surface area contributed by atoms with Gasteiger partial charge in [-0.05, 0) is 30.5 Å². The summed E-state index contributed by atoms with van der Waals surface area (Å²) in [5, 5.41) is 2.99. The summed E-state index contributed by atoms with van der Waals surface area (Å²) in [4.78, 5) is 20.3. The van der Waals surface area contributed by atoms with Gasteiger partial charge in [-0.3, -0.25) is 9.69 Å². The van der Waals surface area contributed by atoms with Gasteiger partial charge in [0.1, 0.15) is 5.82 Å². The second-order valence-electron chi connectivity index (χ2n) is 7.30. The molecule has 0 saturated carbocycles. The SMILES string of the molecule is CCc1cccc(C)c1NC(=O)CN1CCN(c2ncc(C(F)(F)F)cc2Cl)CC1. The Bertz CT molecular complexity index is 912. The number of carbonyl (C=O) groups is 1. The highest BCUT2D eigenvalue weighted by Gasteiger charge is 2.32. The van der Waals surface area contributed by atoms with E-state index in [1.165, 1.54) is 0 Å². The Morgan fingerprint density at radius 1 is 1.23 bits per heavy atom. The fraction of sp³-hybridized carbons (Fsp3) is 0.429. The van der Waals surface area contributed by atoms with E-state index in [-0.39, 0.29) is 17.5 Å². The third-order valence-electron chi connectivity index (χ3n) is 5.19. The number of pyridine rings is 1. The van der Waals surface area contributed by atoms with Gasteiger partial charge in [0.15, 0.2) is 0 Å². The highest BCUT2D eigenvalue weighted by Crippen LogP contribution is 2.33. The number of rotatable bonds is 5. The highest BCUT2D eigenvalue weighted by molar-refractivity contribution is 6.33. The lowest BCUT2D eigenvalue weighted by atomic mass is 10.1. The van der Waals surface area contributed by atoms with Gasteiger partial charge in [-0.1, -0.05) is 36.7 Å². The summed E-state index contributed by atoms with van der Waals surface area (Å²) in [5.74, 6) is 0.249. The number of anilines is 2. The van der Waals surface area contributed by atoms with Crippen LogP contribution in [0.4, 0.5) is 24.7 Å². The van der Waals surface area contributed by atoms with Crippen molar-refractivity contribution in [1.29, 1.82) is 0 Å². The first-order valence-corrected chi connectivity index (χ1v) is 10.1. The fourth-order valence-electron chi connectivity index (χ4n) is 3.52. The summed E-state index contributed by atoms with van der Waals surface area (Å²) < 4.78 is 38.4. The first kappa shape index (κ1) is 22.4. The Balaban J connectivity index is 1.57. The van der Waals surface area contributed by atoms with E-state index in [0.717, 1.165) is 35.5 Å². The molecule has 9 heteroatoms. The van der Waals surface area contributed by atoms with Gasteiger partial charge in [-0.25, -0.2) is 4.98 Å². The number of amides is 1. The number of nitrogens with zero attached hydrogens (tertiary/aromatic N) is 3. The van der Waals surface area contributed by atoms with Crippen LogP contribution in [0.5, 0.6) is 0 Å². The zero-order valence-corrected chi connectivity index (χ0v) is 17.6. The van der Waals surface area contributed by atoms with Crippen molar-refractivity contribution in [1.82, 2.24) is 9.88 Å². The van der Waals surface area contributed by atoms with E-state index in [0.29, 0.717) is 32.0 Å². The summed E-state index contributed by atoms with van der Waals surface area (Å²) in [5.41, 5.74) is 2.12. The number of hydrogen-bond acceptors (Lipinski definition) is 4. The molecular formula is C21H24ClF3N4O. The normalized spacial score (nSPS) is 15.3. The molecule has 1 N–H and O–H groups in total. The summed E-state index contributed by atoms with van der Waals surface area (Å²) >= 11 is 6.04. The van der Waals surface area contributed by atoms with Gasteiger partial charge in [0, 0.05) is 38.1 Å². The summed E-state index contributed by atoms with van der Waals surface area (Å²) in [7, 11) is 0. The number of nitrogens with one attached hydrogen (secondary N) is 1. The van der Waals surface area contributed by atoms with Crippen molar-refractivity contribution in [2.75, 3.05) is 42.9 Å². The molecule has 1 aromatic carbocycles. The number of piperazine rings is 1. The van der Waals surface area contributed by atoms with E-state index in [9.17, 15) is 18.0 Å². The lowest BCUT2D eigenvalue weighted by molar-refractivity contribution is -0.137. The van der Waals surface area contributed by atoms with Crippen molar-refractivity contribution in [2.45, 2.75) is 26.4 Å². The molecule has 1 aliphatic heterocycles. The molecule has 1 aromatic heterocycles. The van der Waals surface area contributed by atoms with Crippen molar-refractivity contribution < 1.29 is 18.0 Å². The van der Waals surface area contributed by atoms with E-state index >= 15 is 0 Å². The molecule has 0 radical (unpaired) electrons. The lowest BCUT2D eigenvalue weighted by Gasteiger charge is -2.35. The van der Waals surface area contributed by atoms with Gasteiger partial charge in [-0.15, -0.1) is 0 Å². The molecule has 162 valence electrons. The van der Waals surface area contributed by atoms with Gasteiger partial charge >= 0.3 is 6.18 Å². The number of aryl methyl sites for hydroxylation is 2. The molecule has 0 bridgehead atoms. The van der Waals surface area contributed by atoms with E-state index in [1.807, 2.05) is 41.8 Å². The highest BCUT2D eigenvalue weighted by atomic mass is 35.5. The Kier molecular flexibility index (Phi) is 6.88. The number of aromatic nitrogens is 1. The van der Waals surface area contributed by atoms with E-state index in [1.54, 1.807) is 0 Å². The maximum atomic E-state index is 12.8. The maximum absolute atomic E-state index is 12.8. The molecule has 1 saturated heterocycles. The molecule has 2 heterocycles. The standard InChI is InChI=1S/C21H24ClF3N4O/c1-3-15-6-4-5-14(2)19(15)27-18(30)13-28-7-9-29(10-8-28)20-17(22)11-16(12-26-20)21(23,24)25/h4-6,11-12H,3,7-10,13H2,1-2H3,(H,27,30). The average Bonchev–Trinajstić information content (AvgIpc) is 2.69. The number of alkyl halides is 3. The van der Waals surface area contributed by atoms with E-state index in [4.69, 9.17) is 11.6 Å². The van der Waals surface area contributed by atoms with Gasteiger partial charge in [0.2, 0.25) is 5.91 Å². The molecule has 1 amide bonds. The van der Waals surface area contributed by atoms with Gasteiger partial charge < -0.3 is 10.2 Å². The number of hydrogen-bond donors (Lipinski definition) is 1. The summed E-state index contributed by atoms with van der Waals surface area (Å²) in [6.45, 7) is 6.48. The minimum Gasteiger partial charge on any atom is -0.353 e. The molecule has 30 heavy (non-hydrogen) atoms. The molecule has 5 nitrogen and oxygen atoms in total. The topological polar surface area (TPSA) is 48.5 Å². The van der Waals surface area contributed by atoms with E-state index < -0.39 is 11.7 Å². The third-order valence-corrected chi connectivity index (χ3v) is 5.47. The lowest BCUT2D eigenvalue weighted by Crippen LogP contribution is -2.49. The predicted octanol–water partition coefficient (Wildman–Crippen LogP) is 4.39. The Labute approximate surface area is 178 Å². The van der Waals surface area contributed by atoms with Crippen molar-refractivity contribution >= 4 is 29.0 Å². The largest absolute Gasteiger partial charge is 0.417 e. The molecule has 1 fully saturated rings. The van der Waals surface area contributed by atoms with Crippen LogP contribution in [0, 0.1) is 6.92 Å². The third kappa shape index (κ3) is 5.23. The van der Waals surface area contributed by atoms with E-state index in [2.05, 4.69) is 10.3 Å². The van der Waals surface area contributed by atoms with Crippen LogP contribution in [-0.2, 0) is 17.4 Å². The van der Waals surface area contributed by atoms with Crippen LogP contribution in [0.25, 0.3) is 0 Å². The first-order valence-electron chi connectivity index (χ1n) is 9.77. The van der Waals surface area contributed by atoms with Crippen molar-refractivity contribution in [3.8, 4) is 0 Å². The molecule has 0 unspecified atom stereocenters. The molecule has 1 aliphatic rings.